The Balaban J connectivity index is 2.14. The third-order valence-corrected chi connectivity index (χ3v) is 5.04. The maximum Gasteiger partial charge on any atom is -0.00470 e. The van der Waals surface area contributed by atoms with Gasteiger partial charge in [0.2, 0.25) is 0 Å². The molecule has 0 bridgehead atoms. The summed E-state index contributed by atoms with van der Waals surface area (Å²) < 4.78 is 0. The molecule has 0 aliphatic heterocycles. The average Bonchev–Trinajstić information content (AvgIpc) is 2.49. The van der Waals surface area contributed by atoms with E-state index in [1.165, 1.54) is 63.4 Å². The third-order valence-electron chi connectivity index (χ3n) is 5.04. The summed E-state index contributed by atoms with van der Waals surface area (Å²) in [7, 11) is 0. The molecular formula is C19H30. The molecule has 0 N–H and O–H groups in total. The fourth-order valence-corrected chi connectivity index (χ4v) is 3.72. The summed E-state index contributed by atoms with van der Waals surface area (Å²) in [5.74, 6) is 0. The second-order valence-corrected chi connectivity index (χ2v) is 6.35. The first-order valence-corrected chi connectivity index (χ1v) is 8.40. The van der Waals surface area contributed by atoms with E-state index in [2.05, 4.69) is 38.1 Å². The van der Waals surface area contributed by atoms with E-state index in [-0.39, 0.29) is 0 Å². The zero-order valence-corrected chi connectivity index (χ0v) is 12.9. The Morgan fingerprint density at radius 2 is 1.58 bits per heavy atom. The van der Waals surface area contributed by atoms with Gasteiger partial charge in [0.25, 0.3) is 0 Å². The van der Waals surface area contributed by atoms with Crippen LogP contribution in [-0.2, 0) is 11.8 Å². The van der Waals surface area contributed by atoms with Crippen LogP contribution in [0.25, 0.3) is 0 Å². The molecule has 0 heteroatoms. The van der Waals surface area contributed by atoms with Crippen molar-refractivity contribution < 1.29 is 0 Å². The van der Waals surface area contributed by atoms with Gasteiger partial charge in [-0.3, -0.25) is 0 Å². The van der Waals surface area contributed by atoms with E-state index < -0.39 is 0 Å². The highest BCUT2D eigenvalue weighted by Gasteiger charge is 2.32. The molecule has 1 aromatic rings. The normalized spacial score (nSPS) is 18.4. The molecule has 0 aromatic heterocycles. The second-order valence-electron chi connectivity index (χ2n) is 6.35. The van der Waals surface area contributed by atoms with Gasteiger partial charge < -0.3 is 0 Å². The number of hydrogen-bond acceptors (Lipinski definition) is 0. The number of unbranched alkanes of at least 4 members (excludes halogenated alkanes) is 2. The summed E-state index contributed by atoms with van der Waals surface area (Å²) >= 11 is 0. The van der Waals surface area contributed by atoms with Crippen LogP contribution in [0.1, 0.15) is 82.8 Å². The van der Waals surface area contributed by atoms with Gasteiger partial charge in [0, 0.05) is 0 Å². The Labute approximate surface area is 119 Å². The lowest BCUT2D eigenvalue weighted by Gasteiger charge is -2.38. The van der Waals surface area contributed by atoms with Crippen LogP contribution >= 0.6 is 0 Å². The predicted octanol–water partition coefficient (Wildman–Crippen LogP) is 6.03. The minimum atomic E-state index is 0.514. The second kappa shape index (κ2) is 7.12. The van der Waals surface area contributed by atoms with Crippen LogP contribution in [0.4, 0.5) is 0 Å². The Morgan fingerprint density at radius 1 is 0.895 bits per heavy atom. The summed E-state index contributed by atoms with van der Waals surface area (Å²) in [4.78, 5) is 0. The molecule has 0 heterocycles. The Bertz CT molecular complexity index is 354. The SMILES string of the molecule is CCCCCC1(c2ccc(CC)cc2)CCCCC1. The van der Waals surface area contributed by atoms with Crippen molar-refractivity contribution in [2.45, 2.75) is 83.5 Å². The van der Waals surface area contributed by atoms with E-state index in [9.17, 15) is 0 Å². The van der Waals surface area contributed by atoms with E-state index >= 15 is 0 Å². The third kappa shape index (κ3) is 3.61. The highest BCUT2D eigenvalue weighted by atomic mass is 14.4. The molecule has 1 aliphatic carbocycles. The lowest BCUT2D eigenvalue weighted by Crippen LogP contribution is -2.29. The Morgan fingerprint density at radius 3 is 2.16 bits per heavy atom. The van der Waals surface area contributed by atoms with Gasteiger partial charge >= 0.3 is 0 Å². The van der Waals surface area contributed by atoms with Gasteiger partial charge in [0.05, 0.1) is 0 Å². The average molecular weight is 258 g/mol. The quantitative estimate of drug-likeness (QED) is 0.546. The van der Waals surface area contributed by atoms with Crippen molar-refractivity contribution in [1.29, 1.82) is 0 Å². The van der Waals surface area contributed by atoms with Crippen molar-refractivity contribution in [3.05, 3.63) is 35.4 Å². The minimum Gasteiger partial charge on any atom is -0.0654 e. The highest BCUT2D eigenvalue weighted by Crippen LogP contribution is 2.43. The van der Waals surface area contributed by atoms with E-state index in [1.54, 1.807) is 5.56 Å². The van der Waals surface area contributed by atoms with Gasteiger partial charge in [0.1, 0.15) is 0 Å². The number of aryl methyl sites for hydroxylation is 1. The standard InChI is InChI=1S/C19H30/c1-3-5-7-14-19(15-8-6-9-16-19)18-12-10-17(4-2)11-13-18/h10-13H,3-9,14-16H2,1-2H3. The molecule has 0 saturated heterocycles. The summed E-state index contributed by atoms with van der Waals surface area (Å²) in [6.07, 6.45) is 13.9. The van der Waals surface area contributed by atoms with Crippen LogP contribution in [0.3, 0.4) is 0 Å². The maximum atomic E-state index is 2.43. The molecule has 1 aliphatic rings. The van der Waals surface area contributed by atoms with E-state index in [1.807, 2.05) is 0 Å². The molecule has 1 fully saturated rings. The fourth-order valence-electron chi connectivity index (χ4n) is 3.72. The smallest absolute Gasteiger partial charge is 0.00470 e. The molecule has 1 aromatic carbocycles. The molecule has 106 valence electrons. The van der Waals surface area contributed by atoms with Gasteiger partial charge in [0.15, 0.2) is 0 Å². The summed E-state index contributed by atoms with van der Waals surface area (Å²) in [6.45, 7) is 4.55. The molecule has 1 saturated carbocycles. The lowest BCUT2D eigenvalue weighted by atomic mass is 9.66. The van der Waals surface area contributed by atoms with Gasteiger partial charge in [-0.15, -0.1) is 0 Å². The molecule has 19 heavy (non-hydrogen) atoms. The molecule has 0 amide bonds. The van der Waals surface area contributed by atoms with Gasteiger partial charge in [-0.2, -0.15) is 0 Å². The van der Waals surface area contributed by atoms with Crippen LogP contribution in [-0.4, -0.2) is 0 Å². The number of hydrogen-bond donors (Lipinski definition) is 0. The summed E-state index contributed by atoms with van der Waals surface area (Å²) in [5.41, 5.74) is 3.61. The van der Waals surface area contributed by atoms with Crippen molar-refractivity contribution in [3.8, 4) is 0 Å². The monoisotopic (exact) mass is 258 g/mol. The van der Waals surface area contributed by atoms with Gasteiger partial charge in [-0.25, -0.2) is 0 Å². The molecule has 0 atom stereocenters. The van der Waals surface area contributed by atoms with Crippen LogP contribution in [0.5, 0.6) is 0 Å². The fraction of sp³-hybridized carbons (Fsp3) is 0.684. The van der Waals surface area contributed by atoms with Crippen LogP contribution in [0.15, 0.2) is 24.3 Å². The van der Waals surface area contributed by atoms with Crippen LogP contribution < -0.4 is 0 Å². The lowest BCUT2D eigenvalue weighted by molar-refractivity contribution is 0.266. The van der Waals surface area contributed by atoms with E-state index in [4.69, 9.17) is 0 Å². The van der Waals surface area contributed by atoms with Crippen molar-refractivity contribution in [2.75, 3.05) is 0 Å². The number of benzene rings is 1. The van der Waals surface area contributed by atoms with Crippen molar-refractivity contribution >= 4 is 0 Å². The molecule has 0 unspecified atom stereocenters. The molecule has 0 nitrogen and oxygen atoms in total. The van der Waals surface area contributed by atoms with Crippen molar-refractivity contribution in [1.82, 2.24) is 0 Å². The zero-order valence-electron chi connectivity index (χ0n) is 12.9. The van der Waals surface area contributed by atoms with Gasteiger partial charge in [-0.05, 0) is 42.2 Å². The molecular weight excluding hydrogens is 228 g/mol. The Hall–Kier alpha value is -0.780. The van der Waals surface area contributed by atoms with E-state index in [0.717, 1.165) is 6.42 Å². The first-order valence-electron chi connectivity index (χ1n) is 8.40. The topological polar surface area (TPSA) is 0 Å². The molecule has 0 spiro atoms. The zero-order chi connectivity index (χ0) is 13.6. The minimum absolute atomic E-state index is 0.514. The van der Waals surface area contributed by atoms with Gasteiger partial charge in [-0.1, -0.05) is 76.6 Å². The summed E-state index contributed by atoms with van der Waals surface area (Å²) in [6, 6.07) is 9.56. The maximum absolute atomic E-state index is 2.43. The predicted molar refractivity (Wildman–Crippen MR) is 84.7 cm³/mol. The van der Waals surface area contributed by atoms with Crippen LogP contribution in [0.2, 0.25) is 0 Å². The van der Waals surface area contributed by atoms with E-state index in [0.29, 0.717) is 5.41 Å². The molecule has 2 rings (SSSR count). The molecule has 0 radical (unpaired) electrons. The summed E-state index contributed by atoms with van der Waals surface area (Å²) in [5, 5.41) is 0. The first kappa shape index (κ1) is 14.6. The Kier molecular flexibility index (Phi) is 5.48. The van der Waals surface area contributed by atoms with Crippen molar-refractivity contribution in [3.63, 3.8) is 0 Å². The highest BCUT2D eigenvalue weighted by molar-refractivity contribution is 5.30. The first-order chi connectivity index (χ1) is 9.30. The largest absolute Gasteiger partial charge is 0.0654 e. The number of rotatable bonds is 6. The van der Waals surface area contributed by atoms with Crippen molar-refractivity contribution in [2.24, 2.45) is 0 Å². The van der Waals surface area contributed by atoms with Crippen LogP contribution in [0, 0.1) is 0 Å².